The van der Waals surface area contributed by atoms with Gasteiger partial charge >= 0.3 is 0 Å². The first-order valence-corrected chi connectivity index (χ1v) is 8.19. The predicted octanol–water partition coefficient (Wildman–Crippen LogP) is 2.60. The summed E-state index contributed by atoms with van der Waals surface area (Å²) in [5.74, 6) is 5.64. The summed E-state index contributed by atoms with van der Waals surface area (Å²) >= 11 is 2.94. The number of aliphatic hydroxyl groups excluding tert-OH is 1. The van der Waals surface area contributed by atoms with Crippen LogP contribution >= 0.6 is 22.7 Å². The van der Waals surface area contributed by atoms with Crippen LogP contribution in [-0.4, -0.2) is 22.6 Å². The Morgan fingerprint density at radius 1 is 1.48 bits per heavy atom. The van der Waals surface area contributed by atoms with E-state index in [0.29, 0.717) is 12.0 Å². The zero-order valence-electron chi connectivity index (χ0n) is 11.8. The molecule has 0 radical (unpaired) electrons. The van der Waals surface area contributed by atoms with Crippen molar-refractivity contribution in [3.8, 4) is 11.8 Å². The molecule has 2 aromatic rings. The van der Waals surface area contributed by atoms with Crippen molar-refractivity contribution in [1.82, 2.24) is 10.3 Å². The van der Waals surface area contributed by atoms with Crippen LogP contribution in [-0.2, 0) is 5.54 Å². The highest BCUT2D eigenvalue weighted by Crippen LogP contribution is 2.23. The first-order chi connectivity index (χ1) is 10.0. The molecule has 4 nitrogen and oxygen atoms in total. The molecular weight excluding hydrogens is 304 g/mol. The molecule has 0 saturated heterocycles. The number of amides is 1. The molecule has 2 N–H and O–H groups in total. The fraction of sp³-hybridized carbons (Fsp3) is 0.333. The minimum atomic E-state index is -0.504. The molecule has 0 bridgehead atoms. The number of aromatic nitrogens is 1. The maximum atomic E-state index is 12.3. The summed E-state index contributed by atoms with van der Waals surface area (Å²) in [6.07, 6.45) is 2.17. The number of aliphatic hydroxyl groups is 1. The topological polar surface area (TPSA) is 62.2 Å². The number of nitrogens with one attached hydrogen (secondary N) is 1. The molecule has 0 spiro atoms. The summed E-state index contributed by atoms with van der Waals surface area (Å²) in [6.45, 7) is 3.91. The third-order valence-electron chi connectivity index (χ3n) is 2.70. The Balaban J connectivity index is 2.06. The number of hydrogen-bond acceptors (Lipinski definition) is 5. The first kappa shape index (κ1) is 15.7. The molecule has 0 aliphatic heterocycles. The number of thiazole rings is 1. The van der Waals surface area contributed by atoms with Crippen LogP contribution in [0.2, 0.25) is 0 Å². The van der Waals surface area contributed by atoms with Gasteiger partial charge in [0.15, 0.2) is 0 Å². The fourth-order valence-corrected chi connectivity index (χ4v) is 3.14. The van der Waals surface area contributed by atoms with Crippen molar-refractivity contribution in [2.45, 2.75) is 25.8 Å². The Morgan fingerprint density at radius 2 is 2.29 bits per heavy atom. The zero-order chi connectivity index (χ0) is 15.3. The van der Waals surface area contributed by atoms with E-state index in [4.69, 9.17) is 5.11 Å². The van der Waals surface area contributed by atoms with Gasteiger partial charge in [-0.25, -0.2) is 4.98 Å². The molecule has 2 rings (SSSR count). The Labute approximate surface area is 131 Å². The Hall–Kier alpha value is -1.68. The third kappa shape index (κ3) is 4.14. The number of hydrogen-bond donors (Lipinski definition) is 2. The van der Waals surface area contributed by atoms with Gasteiger partial charge in [-0.3, -0.25) is 4.79 Å². The van der Waals surface area contributed by atoms with Crippen LogP contribution in [0.3, 0.4) is 0 Å². The number of nitrogens with zero attached hydrogens (tertiary/aromatic N) is 1. The van der Waals surface area contributed by atoms with Crippen molar-refractivity contribution >= 4 is 28.6 Å². The van der Waals surface area contributed by atoms with Gasteiger partial charge in [0, 0.05) is 23.4 Å². The van der Waals surface area contributed by atoms with Crippen LogP contribution in [0.25, 0.3) is 0 Å². The zero-order valence-corrected chi connectivity index (χ0v) is 13.5. The van der Waals surface area contributed by atoms with Gasteiger partial charge in [0.05, 0.1) is 22.6 Å². The maximum absolute atomic E-state index is 12.3. The van der Waals surface area contributed by atoms with Gasteiger partial charge in [0.1, 0.15) is 5.01 Å². The molecule has 0 unspecified atom stereocenters. The molecule has 0 fully saturated rings. The SMILES string of the molecule is CC(C)(NC(=O)c1csc(C#CCCO)c1)c1nccs1. The van der Waals surface area contributed by atoms with Gasteiger partial charge in [0.2, 0.25) is 0 Å². The third-order valence-corrected chi connectivity index (χ3v) is 4.65. The van der Waals surface area contributed by atoms with Crippen molar-refractivity contribution in [2.75, 3.05) is 6.61 Å². The summed E-state index contributed by atoms with van der Waals surface area (Å²) in [7, 11) is 0. The highest BCUT2D eigenvalue weighted by atomic mass is 32.1. The first-order valence-electron chi connectivity index (χ1n) is 6.43. The van der Waals surface area contributed by atoms with Crippen molar-refractivity contribution in [1.29, 1.82) is 0 Å². The standard InChI is InChI=1S/C15H16N2O2S2/c1-15(2,14-16-6-8-20-14)17-13(19)11-9-12(21-10-11)5-3-4-7-18/h6,8-10,18H,4,7H2,1-2H3,(H,17,19). The Kier molecular flexibility index (Phi) is 5.12. The van der Waals surface area contributed by atoms with E-state index < -0.39 is 5.54 Å². The van der Waals surface area contributed by atoms with Gasteiger partial charge in [0.25, 0.3) is 5.91 Å². The highest BCUT2D eigenvalue weighted by molar-refractivity contribution is 7.10. The average molecular weight is 320 g/mol. The van der Waals surface area contributed by atoms with E-state index >= 15 is 0 Å². The van der Waals surface area contributed by atoms with E-state index in [9.17, 15) is 4.79 Å². The van der Waals surface area contributed by atoms with E-state index in [-0.39, 0.29) is 12.5 Å². The summed E-state index contributed by atoms with van der Waals surface area (Å²) in [5, 5.41) is 16.2. The molecule has 2 aromatic heterocycles. The molecule has 1 amide bonds. The second-order valence-corrected chi connectivity index (χ2v) is 6.70. The van der Waals surface area contributed by atoms with E-state index in [1.807, 2.05) is 19.2 Å². The normalized spacial score (nSPS) is 10.8. The van der Waals surface area contributed by atoms with Gasteiger partial charge < -0.3 is 10.4 Å². The van der Waals surface area contributed by atoms with Gasteiger partial charge in [-0.1, -0.05) is 11.8 Å². The lowest BCUT2D eigenvalue weighted by molar-refractivity contribution is 0.0912. The quantitative estimate of drug-likeness (QED) is 0.851. The van der Waals surface area contributed by atoms with Crippen LogP contribution in [0.4, 0.5) is 0 Å². The van der Waals surface area contributed by atoms with Crippen LogP contribution < -0.4 is 5.32 Å². The smallest absolute Gasteiger partial charge is 0.252 e. The maximum Gasteiger partial charge on any atom is 0.252 e. The molecule has 0 aliphatic rings. The van der Waals surface area contributed by atoms with E-state index in [1.165, 1.54) is 22.7 Å². The van der Waals surface area contributed by atoms with E-state index in [2.05, 4.69) is 22.1 Å². The Bertz CT molecular complexity index is 663. The monoisotopic (exact) mass is 320 g/mol. The average Bonchev–Trinajstić information content (AvgIpc) is 3.10. The van der Waals surface area contributed by atoms with Crippen molar-refractivity contribution < 1.29 is 9.90 Å². The van der Waals surface area contributed by atoms with E-state index in [0.717, 1.165) is 9.88 Å². The van der Waals surface area contributed by atoms with Crippen molar-refractivity contribution in [3.05, 3.63) is 38.5 Å². The Morgan fingerprint density at radius 3 is 2.95 bits per heavy atom. The highest BCUT2D eigenvalue weighted by Gasteiger charge is 2.26. The summed E-state index contributed by atoms with van der Waals surface area (Å²) < 4.78 is 0. The number of thiophene rings is 1. The number of rotatable bonds is 4. The van der Waals surface area contributed by atoms with Gasteiger partial charge in [-0.15, -0.1) is 22.7 Å². The molecular formula is C15H16N2O2S2. The lowest BCUT2D eigenvalue weighted by Gasteiger charge is -2.23. The molecule has 0 atom stereocenters. The summed E-state index contributed by atoms with van der Waals surface area (Å²) in [6, 6.07) is 1.77. The van der Waals surface area contributed by atoms with Gasteiger partial charge in [-0.2, -0.15) is 0 Å². The second kappa shape index (κ2) is 6.85. The summed E-state index contributed by atoms with van der Waals surface area (Å²) in [4.78, 5) is 17.4. The lowest BCUT2D eigenvalue weighted by atomic mass is 10.1. The number of carbonyl (C=O) groups is 1. The van der Waals surface area contributed by atoms with Crippen LogP contribution in [0, 0.1) is 11.8 Å². The van der Waals surface area contributed by atoms with Crippen LogP contribution in [0.1, 0.15) is 40.5 Å². The van der Waals surface area contributed by atoms with Crippen molar-refractivity contribution in [2.24, 2.45) is 0 Å². The lowest BCUT2D eigenvalue weighted by Crippen LogP contribution is -2.40. The second-order valence-electron chi connectivity index (χ2n) is 4.89. The van der Waals surface area contributed by atoms with E-state index in [1.54, 1.807) is 17.6 Å². The molecule has 0 aliphatic carbocycles. The minimum Gasteiger partial charge on any atom is -0.395 e. The predicted molar refractivity (Wildman–Crippen MR) is 85.5 cm³/mol. The van der Waals surface area contributed by atoms with Gasteiger partial charge in [-0.05, 0) is 19.9 Å². The molecule has 0 aromatic carbocycles. The van der Waals surface area contributed by atoms with Crippen molar-refractivity contribution in [3.63, 3.8) is 0 Å². The van der Waals surface area contributed by atoms with Crippen LogP contribution in [0.15, 0.2) is 23.0 Å². The summed E-state index contributed by atoms with van der Waals surface area (Å²) in [5.41, 5.74) is 0.0913. The molecule has 2 heterocycles. The van der Waals surface area contributed by atoms with Crippen LogP contribution in [0.5, 0.6) is 0 Å². The number of carbonyl (C=O) groups excluding carboxylic acids is 1. The molecule has 21 heavy (non-hydrogen) atoms. The largest absolute Gasteiger partial charge is 0.395 e. The molecule has 6 heteroatoms. The minimum absolute atomic E-state index is 0.0493. The molecule has 110 valence electrons. The fourth-order valence-electron chi connectivity index (χ4n) is 1.67. The molecule has 0 saturated carbocycles.